The van der Waals surface area contributed by atoms with Gasteiger partial charge in [0.05, 0.1) is 25.7 Å². The van der Waals surface area contributed by atoms with Gasteiger partial charge in [-0.25, -0.2) is 13.1 Å². The van der Waals surface area contributed by atoms with E-state index in [2.05, 4.69) is 19.7 Å². The minimum atomic E-state index is -3.66. The zero-order valence-electron chi connectivity index (χ0n) is 14.2. The smallest absolute Gasteiger partial charge is 0.322 e. The molecule has 2 aromatic rings. The molecule has 0 saturated heterocycles. The van der Waals surface area contributed by atoms with Crippen LogP contribution < -0.4 is 14.2 Å². The predicted octanol–water partition coefficient (Wildman–Crippen LogP) is 1.25. The van der Waals surface area contributed by atoms with Crippen molar-refractivity contribution in [3.8, 4) is 12.0 Å². The van der Waals surface area contributed by atoms with Crippen molar-refractivity contribution >= 4 is 10.0 Å². The summed E-state index contributed by atoms with van der Waals surface area (Å²) in [4.78, 5) is 12.2. The van der Waals surface area contributed by atoms with Gasteiger partial charge in [-0.2, -0.15) is 9.97 Å². The molecule has 0 saturated carbocycles. The summed E-state index contributed by atoms with van der Waals surface area (Å²) in [5.74, 6) is 0.213. The number of fused-ring (bicyclic) bond motifs is 1. The number of methoxy groups -OCH3 is 2. The van der Waals surface area contributed by atoms with E-state index in [1.807, 2.05) is 6.07 Å². The Balaban J connectivity index is 1.78. The summed E-state index contributed by atoms with van der Waals surface area (Å²) in [7, 11) is -0.838. The molecule has 3 rings (SSSR count). The average molecular weight is 364 g/mol. The molecule has 8 nitrogen and oxygen atoms in total. The first kappa shape index (κ1) is 17.6. The minimum Gasteiger partial charge on any atom is -0.467 e. The number of nitrogens with zero attached hydrogens (tertiary/aromatic N) is 3. The van der Waals surface area contributed by atoms with Gasteiger partial charge in [0.25, 0.3) is 0 Å². The number of hydrogen-bond donors (Lipinski definition) is 1. The Morgan fingerprint density at radius 3 is 2.28 bits per heavy atom. The Morgan fingerprint density at radius 1 is 1.00 bits per heavy atom. The van der Waals surface area contributed by atoms with Gasteiger partial charge in [0.1, 0.15) is 0 Å². The Morgan fingerprint density at radius 2 is 1.64 bits per heavy atom. The Kier molecular flexibility index (Phi) is 5.14. The molecule has 0 amide bonds. The average Bonchev–Trinajstić information content (AvgIpc) is 2.65. The zero-order chi connectivity index (χ0) is 17.9. The van der Waals surface area contributed by atoms with E-state index in [0.717, 1.165) is 31.2 Å². The lowest BCUT2D eigenvalue weighted by Crippen LogP contribution is -2.25. The van der Waals surface area contributed by atoms with Crippen LogP contribution in [0.5, 0.6) is 12.0 Å². The molecule has 1 N–H and O–H groups in total. The molecule has 1 aliphatic carbocycles. The molecule has 1 aromatic carbocycles. The topological polar surface area (TPSA) is 103 Å². The number of ether oxygens (including phenoxy) is 2. The van der Waals surface area contributed by atoms with Crippen LogP contribution in [0.2, 0.25) is 0 Å². The third-order valence-corrected chi connectivity index (χ3v) is 5.46. The number of rotatable bonds is 6. The van der Waals surface area contributed by atoms with Crippen LogP contribution in [0.25, 0.3) is 0 Å². The number of aromatic nitrogens is 3. The highest BCUT2D eigenvalue weighted by atomic mass is 32.2. The van der Waals surface area contributed by atoms with Crippen LogP contribution in [0.4, 0.5) is 0 Å². The summed E-state index contributed by atoms with van der Waals surface area (Å²) in [6, 6.07) is 5.43. The van der Waals surface area contributed by atoms with Gasteiger partial charge in [-0.05, 0) is 48.9 Å². The summed E-state index contributed by atoms with van der Waals surface area (Å²) < 4.78 is 37.5. The molecule has 0 spiro atoms. The van der Waals surface area contributed by atoms with Crippen LogP contribution in [0, 0.1) is 0 Å². The standard InChI is InChI=1S/C16H20N4O4S/c1-23-15-18-14(19-16(20-15)24-2)10-17-25(21,22)13-8-7-11-5-3-4-6-12(11)9-13/h7-9,17H,3-6,10H2,1-2H3. The van der Waals surface area contributed by atoms with Crippen molar-refractivity contribution in [2.45, 2.75) is 37.1 Å². The normalized spacial score (nSPS) is 14.0. The third-order valence-electron chi connectivity index (χ3n) is 4.06. The molecule has 0 bridgehead atoms. The first-order valence-corrected chi connectivity index (χ1v) is 9.44. The molecule has 134 valence electrons. The van der Waals surface area contributed by atoms with E-state index in [1.54, 1.807) is 12.1 Å². The first-order chi connectivity index (χ1) is 12.0. The third kappa shape index (κ3) is 4.05. The van der Waals surface area contributed by atoms with Gasteiger partial charge in [-0.3, -0.25) is 0 Å². The molecular formula is C16H20N4O4S. The number of hydrogen-bond acceptors (Lipinski definition) is 7. The molecule has 1 aromatic heterocycles. The number of benzene rings is 1. The largest absolute Gasteiger partial charge is 0.467 e. The number of aryl methyl sites for hydroxylation is 2. The van der Waals surface area contributed by atoms with Crippen LogP contribution >= 0.6 is 0 Å². The van der Waals surface area contributed by atoms with Crippen molar-refractivity contribution < 1.29 is 17.9 Å². The second-order valence-electron chi connectivity index (χ2n) is 5.69. The van der Waals surface area contributed by atoms with E-state index < -0.39 is 10.0 Å². The first-order valence-electron chi connectivity index (χ1n) is 7.96. The lowest BCUT2D eigenvalue weighted by Gasteiger charge is -2.16. The van der Waals surface area contributed by atoms with Crippen LogP contribution in [0.1, 0.15) is 29.8 Å². The van der Waals surface area contributed by atoms with E-state index in [1.165, 1.54) is 19.8 Å². The fourth-order valence-corrected chi connectivity index (χ4v) is 3.79. The van der Waals surface area contributed by atoms with E-state index in [-0.39, 0.29) is 29.3 Å². The van der Waals surface area contributed by atoms with Crippen LogP contribution in [0.15, 0.2) is 23.1 Å². The van der Waals surface area contributed by atoms with Gasteiger partial charge in [-0.1, -0.05) is 6.07 Å². The summed E-state index contributed by atoms with van der Waals surface area (Å²) in [6.07, 6.45) is 4.17. The molecule has 1 heterocycles. The molecule has 9 heteroatoms. The van der Waals surface area contributed by atoms with Gasteiger partial charge >= 0.3 is 12.0 Å². The fraction of sp³-hybridized carbons (Fsp3) is 0.438. The maximum atomic E-state index is 12.6. The maximum absolute atomic E-state index is 12.6. The van der Waals surface area contributed by atoms with Crippen LogP contribution in [0.3, 0.4) is 0 Å². The van der Waals surface area contributed by atoms with Crippen LogP contribution in [-0.4, -0.2) is 37.6 Å². The molecule has 0 unspecified atom stereocenters. The van der Waals surface area contributed by atoms with Crippen molar-refractivity contribution in [2.75, 3.05) is 14.2 Å². The van der Waals surface area contributed by atoms with E-state index in [9.17, 15) is 8.42 Å². The zero-order valence-corrected chi connectivity index (χ0v) is 15.0. The Labute approximate surface area is 146 Å². The SMILES string of the molecule is COc1nc(CNS(=O)(=O)c2ccc3c(c2)CCCC3)nc(OC)n1. The van der Waals surface area contributed by atoms with E-state index in [0.29, 0.717) is 0 Å². The van der Waals surface area contributed by atoms with Crippen molar-refractivity contribution in [1.82, 2.24) is 19.7 Å². The molecule has 1 aliphatic rings. The van der Waals surface area contributed by atoms with Crippen molar-refractivity contribution in [3.63, 3.8) is 0 Å². The van der Waals surface area contributed by atoms with E-state index >= 15 is 0 Å². The Hall–Kier alpha value is -2.26. The summed E-state index contributed by atoms with van der Waals surface area (Å²) in [6.45, 7) is -0.0886. The molecule has 0 atom stereocenters. The number of nitrogens with one attached hydrogen (secondary N) is 1. The molecule has 0 fully saturated rings. The molecule has 25 heavy (non-hydrogen) atoms. The minimum absolute atomic E-state index is 0.0647. The monoisotopic (exact) mass is 364 g/mol. The predicted molar refractivity (Wildman–Crippen MR) is 90.0 cm³/mol. The van der Waals surface area contributed by atoms with Gasteiger partial charge in [0.15, 0.2) is 5.82 Å². The van der Waals surface area contributed by atoms with Crippen LogP contribution in [-0.2, 0) is 29.4 Å². The Bertz CT molecular complexity index is 848. The lowest BCUT2D eigenvalue weighted by molar-refractivity contribution is 0.336. The highest BCUT2D eigenvalue weighted by Crippen LogP contribution is 2.24. The summed E-state index contributed by atoms with van der Waals surface area (Å²) in [5, 5.41) is 0. The van der Waals surface area contributed by atoms with Gasteiger partial charge in [0.2, 0.25) is 10.0 Å². The molecular weight excluding hydrogens is 344 g/mol. The molecule has 0 aliphatic heterocycles. The second kappa shape index (κ2) is 7.32. The van der Waals surface area contributed by atoms with Gasteiger partial charge in [-0.15, -0.1) is 4.98 Å². The van der Waals surface area contributed by atoms with Crippen molar-refractivity contribution in [3.05, 3.63) is 35.2 Å². The second-order valence-corrected chi connectivity index (χ2v) is 7.45. The van der Waals surface area contributed by atoms with Gasteiger partial charge in [0, 0.05) is 0 Å². The fourth-order valence-electron chi connectivity index (χ4n) is 2.76. The van der Waals surface area contributed by atoms with Crippen molar-refractivity contribution in [1.29, 1.82) is 0 Å². The molecule has 0 radical (unpaired) electrons. The summed E-state index contributed by atoms with van der Waals surface area (Å²) in [5.41, 5.74) is 2.34. The quantitative estimate of drug-likeness (QED) is 0.822. The van der Waals surface area contributed by atoms with Crippen molar-refractivity contribution in [2.24, 2.45) is 0 Å². The maximum Gasteiger partial charge on any atom is 0.322 e. The number of sulfonamides is 1. The lowest BCUT2D eigenvalue weighted by atomic mass is 9.92. The van der Waals surface area contributed by atoms with Gasteiger partial charge < -0.3 is 9.47 Å². The summed E-state index contributed by atoms with van der Waals surface area (Å²) >= 11 is 0. The highest BCUT2D eigenvalue weighted by Gasteiger charge is 2.18. The van der Waals surface area contributed by atoms with E-state index in [4.69, 9.17) is 9.47 Å². The highest BCUT2D eigenvalue weighted by molar-refractivity contribution is 7.89.